The highest BCUT2D eigenvalue weighted by molar-refractivity contribution is 5.95. The third-order valence-electron chi connectivity index (χ3n) is 4.85. The van der Waals surface area contributed by atoms with Gasteiger partial charge in [0.05, 0.1) is 18.8 Å². The van der Waals surface area contributed by atoms with Gasteiger partial charge in [-0.25, -0.2) is 0 Å². The molecule has 0 saturated carbocycles. The summed E-state index contributed by atoms with van der Waals surface area (Å²) in [6, 6.07) is 18.2. The van der Waals surface area contributed by atoms with E-state index in [4.69, 9.17) is 4.74 Å². The van der Waals surface area contributed by atoms with Gasteiger partial charge in [0.2, 0.25) is 5.91 Å². The molecule has 0 aromatic heterocycles. The Kier molecular flexibility index (Phi) is 6.70. The molecule has 1 heterocycles. The van der Waals surface area contributed by atoms with E-state index in [-0.39, 0.29) is 24.2 Å². The van der Waals surface area contributed by atoms with Gasteiger partial charge in [-0.2, -0.15) is 0 Å². The molecule has 28 heavy (non-hydrogen) atoms. The second kappa shape index (κ2) is 9.22. The topological polar surface area (TPSA) is 44.8 Å². The number of morpholine rings is 1. The molecule has 1 amide bonds. The van der Waals surface area contributed by atoms with Gasteiger partial charge in [0.15, 0.2) is 0 Å². The molecule has 3 rings (SSSR count). The normalized spacial score (nSPS) is 20.2. The van der Waals surface area contributed by atoms with Crippen molar-refractivity contribution in [3.05, 3.63) is 54.6 Å². The maximum absolute atomic E-state index is 13.1. The van der Waals surface area contributed by atoms with Gasteiger partial charge in [0.25, 0.3) is 0 Å². The second-order valence-electron chi connectivity index (χ2n) is 7.85. The lowest BCUT2D eigenvalue weighted by molar-refractivity contribution is -0.123. The number of nitrogens with zero attached hydrogens (tertiary/aromatic N) is 2. The number of hydrogen-bond donors (Lipinski definition) is 1. The molecule has 0 radical (unpaired) electrons. The molecule has 0 aliphatic carbocycles. The van der Waals surface area contributed by atoms with Gasteiger partial charge in [-0.05, 0) is 64.1 Å². The number of carbonyl (C=O) groups is 1. The summed E-state index contributed by atoms with van der Waals surface area (Å²) in [5.74, 6) is 0.125. The Morgan fingerprint density at radius 3 is 2.18 bits per heavy atom. The van der Waals surface area contributed by atoms with Crippen LogP contribution in [0.25, 0.3) is 0 Å². The van der Waals surface area contributed by atoms with Crippen LogP contribution in [0, 0.1) is 0 Å². The molecule has 0 spiro atoms. The minimum absolute atomic E-state index is 0.0938. The van der Waals surface area contributed by atoms with Crippen LogP contribution in [0.15, 0.2) is 54.6 Å². The predicted octanol–water partition coefficient (Wildman–Crippen LogP) is 4.28. The summed E-state index contributed by atoms with van der Waals surface area (Å²) in [4.78, 5) is 17.2. The molecular formula is C23H31N3O2. The summed E-state index contributed by atoms with van der Waals surface area (Å²) < 4.78 is 5.78. The summed E-state index contributed by atoms with van der Waals surface area (Å²) in [6.45, 7) is 10.2. The Morgan fingerprint density at radius 2 is 1.61 bits per heavy atom. The Balaban J connectivity index is 1.68. The number of rotatable bonds is 6. The number of hydrogen-bond acceptors (Lipinski definition) is 4. The quantitative estimate of drug-likeness (QED) is 0.811. The van der Waals surface area contributed by atoms with Crippen LogP contribution in [0.4, 0.5) is 17.1 Å². The molecule has 1 saturated heterocycles. The molecule has 5 nitrogen and oxygen atoms in total. The number of para-hydroxylation sites is 1. The standard InChI is InChI=1S/C23H31N3O2/c1-17(2)26(23(27)16-25-14-18(3)28-19(4)15-25)22-12-10-21(11-13-22)24-20-8-6-5-7-9-20/h5-13,17-19,24H,14-16H2,1-4H3/t18-,19-/m0/s1. The fourth-order valence-corrected chi connectivity index (χ4v) is 3.80. The van der Waals surface area contributed by atoms with E-state index in [2.05, 4.69) is 37.9 Å². The maximum atomic E-state index is 13.1. The lowest BCUT2D eigenvalue weighted by atomic mass is 10.2. The van der Waals surface area contributed by atoms with E-state index in [1.807, 2.05) is 59.5 Å². The van der Waals surface area contributed by atoms with Gasteiger partial charge in [0.1, 0.15) is 0 Å². The number of anilines is 3. The molecular weight excluding hydrogens is 350 g/mol. The Labute approximate surface area is 168 Å². The monoisotopic (exact) mass is 381 g/mol. The van der Waals surface area contributed by atoms with Gasteiger partial charge in [0, 0.05) is 36.2 Å². The van der Waals surface area contributed by atoms with Gasteiger partial charge in [-0.1, -0.05) is 18.2 Å². The minimum Gasteiger partial charge on any atom is -0.373 e. The molecule has 2 aromatic rings. The molecule has 2 atom stereocenters. The maximum Gasteiger partial charge on any atom is 0.241 e. The first-order valence-corrected chi connectivity index (χ1v) is 10.0. The first-order valence-electron chi connectivity index (χ1n) is 10.0. The highest BCUT2D eigenvalue weighted by Gasteiger charge is 2.27. The highest BCUT2D eigenvalue weighted by Crippen LogP contribution is 2.23. The number of amides is 1. The average molecular weight is 382 g/mol. The first-order chi connectivity index (χ1) is 13.4. The van der Waals surface area contributed by atoms with Crippen molar-refractivity contribution in [2.24, 2.45) is 0 Å². The molecule has 1 aliphatic heterocycles. The molecule has 1 fully saturated rings. The first kappa shape index (κ1) is 20.4. The van der Waals surface area contributed by atoms with Crippen LogP contribution in [0.3, 0.4) is 0 Å². The van der Waals surface area contributed by atoms with Gasteiger partial charge >= 0.3 is 0 Å². The van der Waals surface area contributed by atoms with E-state index in [0.29, 0.717) is 6.54 Å². The number of nitrogens with one attached hydrogen (secondary N) is 1. The van der Waals surface area contributed by atoms with E-state index in [9.17, 15) is 4.79 Å². The Hall–Kier alpha value is -2.37. The van der Waals surface area contributed by atoms with Crippen LogP contribution < -0.4 is 10.2 Å². The van der Waals surface area contributed by atoms with E-state index in [1.54, 1.807) is 0 Å². The molecule has 0 unspecified atom stereocenters. The molecule has 2 aromatic carbocycles. The van der Waals surface area contributed by atoms with Crippen LogP contribution in [-0.4, -0.2) is 48.7 Å². The van der Waals surface area contributed by atoms with Crippen molar-refractivity contribution in [2.45, 2.75) is 45.9 Å². The van der Waals surface area contributed by atoms with E-state index < -0.39 is 0 Å². The van der Waals surface area contributed by atoms with Crippen molar-refractivity contribution in [1.82, 2.24) is 4.90 Å². The smallest absolute Gasteiger partial charge is 0.241 e. The highest BCUT2D eigenvalue weighted by atomic mass is 16.5. The number of benzene rings is 2. The zero-order valence-electron chi connectivity index (χ0n) is 17.3. The fourth-order valence-electron chi connectivity index (χ4n) is 3.80. The van der Waals surface area contributed by atoms with E-state index in [0.717, 1.165) is 30.2 Å². The van der Waals surface area contributed by atoms with Gasteiger partial charge in [-0.3, -0.25) is 9.69 Å². The number of carbonyl (C=O) groups excluding carboxylic acids is 1. The predicted molar refractivity (Wildman–Crippen MR) is 115 cm³/mol. The van der Waals surface area contributed by atoms with Crippen LogP contribution in [-0.2, 0) is 9.53 Å². The summed E-state index contributed by atoms with van der Waals surface area (Å²) in [5, 5.41) is 3.38. The van der Waals surface area contributed by atoms with Crippen LogP contribution in [0.2, 0.25) is 0 Å². The molecule has 5 heteroatoms. The molecule has 0 bridgehead atoms. The Morgan fingerprint density at radius 1 is 1.04 bits per heavy atom. The SMILES string of the molecule is CC(C)N(C(=O)CN1C[C@H](C)O[C@@H](C)C1)c1ccc(Nc2ccccc2)cc1. The summed E-state index contributed by atoms with van der Waals surface area (Å²) in [5.41, 5.74) is 2.97. The van der Waals surface area contributed by atoms with E-state index >= 15 is 0 Å². The van der Waals surface area contributed by atoms with Crippen molar-refractivity contribution in [3.8, 4) is 0 Å². The molecule has 1 aliphatic rings. The van der Waals surface area contributed by atoms with Crippen molar-refractivity contribution < 1.29 is 9.53 Å². The summed E-state index contributed by atoms with van der Waals surface area (Å²) >= 11 is 0. The molecule has 1 N–H and O–H groups in total. The largest absolute Gasteiger partial charge is 0.373 e. The van der Waals surface area contributed by atoms with Crippen LogP contribution >= 0.6 is 0 Å². The third-order valence-corrected chi connectivity index (χ3v) is 4.85. The fraction of sp³-hybridized carbons (Fsp3) is 0.435. The third kappa shape index (κ3) is 5.33. The Bertz CT molecular complexity index is 751. The zero-order chi connectivity index (χ0) is 20.1. The van der Waals surface area contributed by atoms with Gasteiger partial charge in [-0.15, -0.1) is 0 Å². The lowest BCUT2D eigenvalue weighted by Crippen LogP contribution is -2.51. The summed E-state index contributed by atoms with van der Waals surface area (Å²) in [6.07, 6.45) is 0.319. The van der Waals surface area contributed by atoms with Crippen molar-refractivity contribution in [3.63, 3.8) is 0 Å². The van der Waals surface area contributed by atoms with E-state index in [1.165, 1.54) is 0 Å². The van der Waals surface area contributed by atoms with Crippen molar-refractivity contribution >= 4 is 23.0 Å². The van der Waals surface area contributed by atoms with Crippen LogP contribution in [0.1, 0.15) is 27.7 Å². The van der Waals surface area contributed by atoms with Crippen LogP contribution in [0.5, 0.6) is 0 Å². The van der Waals surface area contributed by atoms with Crippen molar-refractivity contribution in [2.75, 3.05) is 29.9 Å². The summed E-state index contributed by atoms with van der Waals surface area (Å²) in [7, 11) is 0. The molecule has 150 valence electrons. The average Bonchev–Trinajstić information content (AvgIpc) is 2.63. The second-order valence-corrected chi connectivity index (χ2v) is 7.85. The lowest BCUT2D eigenvalue weighted by Gasteiger charge is -2.36. The zero-order valence-corrected chi connectivity index (χ0v) is 17.3. The van der Waals surface area contributed by atoms with Gasteiger partial charge < -0.3 is 15.0 Å². The van der Waals surface area contributed by atoms with Crippen molar-refractivity contribution in [1.29, 1.82) is 0 Å². The number of ether oxygens (including phenoxy) is 1. The minimum atomic E-state index is 0.0938.